The highest BCUT2D eigenvalue weighted by Gasteiger charge is 2.11. The second-order valence-corrected chi connectivity index (χ2v) is 5.90. The Hall–Kier alpha value is -1.59. The van der Waals surface area contributed by atoms with E-state index in [9.17, 15) is 8.42 Å². The molecule has 0 atom stereocenters. The van der Waals surface area contributed by atoms with Gasteiger partial charge in [-0.05, 0) is 23.8 Å². The Labute approximate surface area is 118 Å². The van der Waals surface area contributed by atoms with Crippen molar-refractivity contribution in [3.63, 3.8) is 0 Å². The number of halogens is 1. The summed E-state index contributed by atoms with van der Waals surface area (Å²) in [6.07, 6.45) is 1.27. The van der Waals surface area contributed by atoms with E-state index in [1.54, 1.807) is 36.4 Å². The molecule has 2 rings (SSSR count). The number of nitrogens with zero attached hydrogens (tertiary/aromatic N) is 1. The van der Waals surface area contributed by atoms with Gasteiger partial charge in [0.15, 0.2) is 0 Å². The second-order valence-electron chi connectivity index (χ2n) is 3.83. The molecule has 0 fully saturated rings. The second kappa shape index (κ2) is 5.59. The normalized spacial score (nSPS) is 11.8. The number of sulfonamides is 1. The summed E-state index contributed by atoms with van der Waals surface area (Å²) in [5.74, 6) is 0. The van der Waals surface area contributed by atoms with Crippen LogP contribution in [0.2, 0.25) is 5.02 Å². The van der Waals surface area contributed by atoms with E-state index in [-0.39, 0.29) is 4.90 Å². The largest absolute Gasteiger partial charge is 0.282 e. The van der Waals surface area contributed by atoms with Gasteiger partial charge in [-0.25, -0.2) is 0 Å². The molecule has 0 spiro atoms. The number of rotatable bonds is 3. The van der Waals surface area contributed by atoms with Crippen molar-refractivity contribution in [3.05, 3.63) is 59.1 Å². The molecule has 2 aromatic carbocycles. The van der Waals surface area contributed by atoms with E-state index in [0.717, 1.165) is 0 Å². The first-order valence-electron chi connectivity index (χ1n) is 5.39. The molecule has 19 heavy (non-hydrogen) atoms. The monoisotopic (exact) mass is 289 g/mol. The van der Waals surface area contributed by atoms with Crippen LogP contribution in [0.1, 0.15) is 5.56 Å². The van der Waals surface area contributed by atoms with Crippen molar-refractivity contribution in [2.45, 2.75) is 4.90 Å². The van der Waals surface area contributed by atoms with Crippen molar-refractivity contribution < 1.29 is 8.42 Å². The molecule has 0 unspecified atom stereocenters. The molecule has 0 aliphatic heterocycles. The molecule has 0 heterocycles. The Morgan fingerprint density at radius 3 is 2.42 bits per heavy atom. The highest BCUT2D eigenvalue weighted by molar-refractivity contribution is 7.90. The molecular weight excluding hydrogens is 280 g/mol. The zero-order chi connectivity index (χ0) is 13.9. The standard InChI is InChI=1S/C13H9BClNO2S/c14-11-6-4-10(5-7-11)9-16-19(17,18)13-3-1-2-12(15)8-13/h1-9H. The molecule has 0 aliphatic carbocycles. The van der Waals surface area contributed by atoms with E-state index >= 15 is 0 Å². The summed E-state index contributed by atoms with van der Waals surface area (Å²) in [5, 5.41) is 0.351. The predicted octanol–water partition coefficient (Wildman–Crippen LogP) is 1.94. The molecular formula is C13H9BClNO2S. The van der Waals surface area contributed by atoms with Crippen LogP contribution in [0.25, 0.3) is 0 Å². The first-order valence-corrected chi connectivity index (χ1v) is 7.21. The molecule has 0 aliphatic rings. The van der Waals surface area contributed by atoms with Gasteiger partial charge in [-0.2, -0.15) is 12.8 Å². The minimum atomic E-state index is -3.74. The Morgan fingerprint density at radius 1 is 1.11 bits per heavy atom. The molecule has 3 nitrogen and oxygen atoms in total. The van der Waals surface area contributed by atoms with Crippen molar-refractivity contribution in [2.24, 2.45) is 4.40 Å². The van der Waals surface area contributed by atoms with E-state index in [1.807, 2.05) is 0 Å². The quantitative estimate of drug-likeness (QED) is 0.640. The Bertz CT molecular complexity index is 712. The summed E-state index contributed by atoms with van der Waals surface area (Å²) in [7, 11) is 1.80. The van der Waals surface area contributed by atoms with E-state index in [4.69, 9.17) is 19.4 Å². The molecule has 0 aromatic heterocycles. The molecule has 2 radical (unpaired) electrons. The van der Waals surface area contributed by atoms with Gasteiger partial charge in [0.25, 0.3) is 10.0 Å². The molecule has 0 saturated heterocycles. The molecule has 0 bridgehead atoms. The average Bonchev–Trinajstić information content (AvgIpc) is 2.38. The summed E-state index contributed by atoms with van der Waals surface area (Å²) < 4.78 is 27.5. The third-order valence-corrected chi connectivity index (χ3v) is 3.84. The van der Waals surface area contributed by atoms with Gasteiger partial charge in [0, 0.05) is 11.2 Å². The highest BCUT2D eigenvalue weighted by atomic mass is 35.5. The minimum Gasteiger partial charge on any atom is -0.199 e. The third kappa shape index (κ3) is 3.69. The van der Waals surface area contributed by atoms with Crippen LogP contribution in [0.5, 0.6) is 0 Å². The van der Waals surface area contributed by atoms with Gasteiger partial charge in [-0.3, -0.25) is 0 Å². The van der Waals surface area contributed by atoms with Gasteiger partial charge in [0.05, 0.1) is 4.90 Å². The maximum atomic E-state index is 11.9. The number of benzene rings is 2. The summed E-state index contributed by atoms with van der Waals surface area (Å²) in [4.78, 5) is 0.0618. The fourth-order valence-corrected chi connectivity index (χ4v) is 2.56. The van der Waals surface area contributed by atoms with Crippen molar-refractivity contribution in [3.8, 4) is 0 Å². The Kier molecular flexibility index (Phi) is 4.07. The predicted molar refractivity (Wildman–Crippen MR) is 78.1 cm³/mol. The third-order valence-electron chi connectivity index (χ3n) is 2.37. The topological polar surface area (TPSA) is 46.5 Å². The van der Waals surface area contributed by atoms with E-state index < -0.39 is 10.0 Å². The number of hydrogen-bond acceptors (Lipinski definition) is 2. The molecule has 0 saturated carbocycles. The van der Waals surface area contributed by atoms with E-state index in [2.05, 4.69) is 4.40 Å². The van der Waals surface area contributed by atoms with Crippen molar-refractivity contribution in [2.75, 3.05) is 0 Å². The van der Waals surface area contributed by atoms with Crippen LogP contribution < -0.4 is 5.46 Å². The lowest BCUT2D eigenvalue weighted by Gasteiger charge is -1.99. The Balaban J connectivity index is 2.29. The number of hydrogen-bond donors (Lipinski definition) is 0. The van der Waals surface area contributed by atoms with Gasteiger partial charge in [-0.15, -0.1) is 0 Å². The zero-order valence-electron chi connectivity index (χ0n) is 9.82. The fourth-order valence-electron chi connectivity index (χ4n) is 1.40. The van der Waals surface area contributed by atoms with E-state index in [0.29, 0.717) is 16.0 Å². The first kappa shape index (κ1) is 13.8. The Morgan fingerprint density at radius 2 is 1.79 bits per heavy atom. The van der Waals surface area contributed by atoms with Gasteiger partial charge in [-0.1, -0.05) is 47.4 Å². The average molecular weight is 290 g/mol. The summed E-state index contributed by atoms with van der Waals surface area (Å²) in [6.45, 7) is 0. The molecule has 6 heteroatoms. The smallest absolute Gasteiger partial charge is 0.199 e. The summed E-state index contributed by atoms with van der Waals surface area (Å²) in [5.41, 5.74) is 1.26. The molecule has 0 amide bonds. The van der Waals surface area contributed by atoms with Crippen LogP contribution in [0.4, 0.5) is 0 Å². The fraction of sp³-hybridized carbons (Fsp3) is 0. The summed E-state index contributed by atoms with van der Waals surface area (Å²) >= 11 is 5.76. The van der Waals surface area contributed by atoms with Crippen LogP contribution in [0.3, 0.4) is 0 Å². The lowest BCUT2D eigenvalue weighted by molar-refractivity contribution is 0.598. The van der Waals surface area contributed by atoms with Crippen molar-refractivity contribution >= 4 is 41.1 Å². The minimum absolute atomic E-state index is 0.0618. The lowest BCUT2D eigenvalue weighted by atomic mass is 9.96. The van der Waals surface area contributed by atoms with Crippen LogP contribution in [0, 0.1) is 0 Å². The lowest BCUT2D eigenvalue weighted by Crippen LogP contribution is -2.01. The molecule has 94 valence electrons. The van der Waals surface area contributed by atoms with Crippen molar-refractivity contribution in [1.82, 2.24) is 0 Å². The van der Waals surface area contributed by atoms with E-state index in [1.165, 1.54) is 18.3 Å². The molecule has 2 aromatic rings. The van der Waals surface area contributed by atoms with Crippen molar-refractivity contribution in [1.29, 1.82) is 0 Å². The SMILES string of the molecule is [B]c1ccc(C=NS(=O)(=O)c2cccc(Cl)c2)cc1. The van der Waals surface area contributed by atoms with Crippen LogP contribution in [-0.4, -0.2) is 22.5 Å². The van der Waals surface area contributed by atoms with Crippen LogP contribution in [-0.2, 0) is 10.0 Å². The maximum Gasteiger partial charge on any atom is 0.282 e. The zero-order valence-corrected chi connectivity index (χ0v) is 11.4. The van der Waals surface area contributed by atoms with Crippen LogP contribution in [0.15, 0.2) is 57.8 Å². The summed E-state index contributed by atoms with van der Waals surface area (Å²) in [6, 6.07) is 12.7. The maximum absolute atomic E-state index is 11.9. The van der Waals surface area contributed by atoms with Gasteiger partial charge in [0.1, 0.15) is 7.85 Å². The van der Waals surface area contributed by atoms with Gasteiger partial charge < -0.3 is 0 Å². The van der Waals surface area contributed by atoms with Crippen LogP contribution >= 0.6 is 11.6 Å². The highest BCUT2D eigenvalue weighted by Crippen LogP contribution is 2.17. The van der Waals surface area contributed by atoms with Gasteiger partial charge in [0.2, 0.25) is 0 Å². The van der Waals surface area contributed by atoms with Gasteiger partial charge >= 0.3 is 0 Å². The first-order chi connectivity index (χ1) is 8.97. The molecule has 0 N–H and O–H groups in total.